The highest BCUT2D eigenvalue weighted by molar-refractivity contribution is 5.29. The number of hydroxylamine groups is 2. The molecule has 0 saturated carbocycles. The summed E-state index contributed by atoms with van der Waals surface area (Å²) in [5.74, 6) is 0. The van der Waals surface area contributed by atoms with Crippen LogP contribution in [0.3, 0.4) is 0 Å². The Morgan fingerprint density at radius 3 is 2.55 bits per heavy atom. The van der Waals surface area contributed by atoms with Crippen LogP contribution in [-0.4, -0.2) is 12.1 Å². The topological polar surface area (TPSA) is 78.3 Å². The molecule has 0 aromatic rings. The Morgan fingerprint density at radius 1 is 1.45 bits per heavy atom. The van der Waals surface area contributed by atoms with Gasteiger partial charge in [0, 0.05) is 11.4 Å². The van der Waals surface area contributed by atoms with Gasteiger partial charge in [0.15, 0.2) is 0 Å². The summed E-state index contributed by atoms with van der Waals surface area (Å²) in [7, 11) is 1.46. The molecule has 0 aromatic heterocycles. The molecule has 0 atom stereocenters. The molecule has 0 bridgehead atoms. The van der Waals surface area contributed by atoms with E-state index in [2.05, 4.69) is 0 Å². The molecular weight excluding hydrogens is 142 g/mol. The van der Waals surface area contributed by atoms with Gasteiger partial charge in [-0.05, 0) is 26.0 Å². The molecule has 0 saturated heterocycles. The number of rotatable bonds is 1. The van der Waals surface area contributed by atoms with E-state index in [4.69, 9.17) is 11.5 Å². The minimum Gasteiger partial charge on any atom is -0.759 e. The van der Waals surface area contributed by atoms with Crippen LogP contribution in [0.5, 0.6) is 0 Å². The van der Waals surface area contributed by atoms with Crippen LogP contribution in [0.25, 0.3) is 0 Å². The molecule has 0 spiro atoms. The fraction of sp³-hybridized carbons (Fsp3) is 0.429. The molecule has 0 heterocycles. The highest BCUT2D eigenvalue weighted by atomic mass is 16.5. The van der Waals surface area contributed by atoms with Crippen molar-refractivity contribution in [2.45, 2.75) is 12.8 Å². The van der Waals surface area contributed by atoms with Gasteiger partial charge >= 0.3 is 0 Å². The van der Waals surface area contributed by atoms with Crippen LogP contribution < -0.4 is 11.5 Å². The Labute approximate surface area is 65.7 Å². The fourth-order valence-corrected chi connectivity index (χ4v) is 1.000. The van der Waals surface area contributed by atoms with Gasteiger partial charge < -0.3 is 21.7 Å². The highest BCUT2D eigenvalue weighted by Crippen LogP contribution is 2.19. The first-order chi connectivity index (χ1) is 5.11. The van der Waals surface area contributed by atoms with Gasteiger partial charge in [-0.25, -0.2) is 0 Å². The van der Waals surface area contributed by atoms with Crippen LogP contribution in [0.15, 0.2) is 23.2 Å². The fourth-order valence-electron chi connectivity index (χ4n) is 1.000. The van der Waals surface area contributed by atoms with Gasteiger partial charge in [0.05, 0.1) is 5.70 Å². The predicted molar refractivity (Wildman–Crippen MR) is 43.8 cm³/mol. The van der Waals surface area contributed by atoms with Crippen LogP contribution in [0.4, 0.5) is 0 Å². The molecule has 4 heteroatoms. The third-order valence-corrected chi connectivity index (χ3v) is 1.75. The molecule has 0 radical (unpaired) electrons. The Kier molecular flexibility index (Phi) is 2.05. The number of hydrogen-bond acceptors (Lipinski definition) is 4. The summed E-state index contributed by atoms with van der Waals surface area (Å²) in [5, 5.41) is 11.6. The minimum absolute atomic E-state index is 0.522. The van der Waals surface area contributed by atoms with Gasteiger partial charge in [-0.3, -0.25) is 0 Å². The van der Waals surface area contributed by atoms with Gasteiger partial charge in [0.1, 0.15) is 0 Å². The summed E-state index contributed by atoms with van der Waals surface area (Å²) in [6, 6.07) is 0. The van der Waals surface area contributed by atoms with Crippen molar-refractivity contribution in [3.05, 3.63) is 28.4 Å². The molecule has 11 heavy (non-hydrogen) atoms. The maximum absolute atomic E-state index is 10.8. The van der Waals surface area contributed by atoms with Crippen LogP contribution in [0, 0.1) is 5.21 Å². The summed E-state index contributed by atoms with van der Waals surface area (Å²) < 4.78 is 0. The summed E-state index contributed by atoms with van der Waals surface area (Å²) in [6.45, 7) is 0. The monoisotopic (exact) mass is 154 g/mol. The minimum atomic E-state index is 0.522. The molecule has 0 aromatic carbocycles. The van der Waals surface area contributed by atoms with E-state index in [9.17, 15) is 5.21 Å². The Hall–Kier alpha value is -1.16. The van der Waals surface area contributed by atoms with Crippen molar-refractivity contribution in [2.24, 2.45) is 11.5 Å². The molecule has 4 N–H and O–H groups in total. The SMILES string of the molecule is CN([O-])C1=CC(N)=C(N)CC1. The largest absolute Gasteiger partial charge is 0.759 e. The third-order valence-electron chi connectivity index (χ3n) is 1.75. The first kappa shape index (κ1) is 7.94. The quantitative estimate of drug-likeness (QED) is 0.530. The lowest BCUT2D eigenvalue weighted by atomic mass is 10.1. The van der Waals surface area contributed by atoms with Crippen molar-refractivity contribution in [2.75, 3.05) is 7.05 Å². The first-order valence-corrected chi connectivity index (χ1v) is 3.47. The smallest absolute Gasteiger partial charge is 0.0522 e. The predicted octanol–water partition coefficient (Wildman–Crippen LogP) is 0.223. The first-order valence-electron chi connectivity index (χ1n) is 3.47. The molecule has 1 aliphatic carbocycles. The molecule has 0 fully saturated rings. The van der Waals surface area contributed by atoms with E-state index >= 15 is 0 Å². The van der Waals surface area contributed by atoms with Gasteiger partial charge in [-0.2, -0.15) is 0 Å². The van der Waals surface area contributed by atoms with Crippen molar-refractivity contribution in [1.82, 2.24) is 5.06 Å². The second-order valence-corrected chi connectivity index (χ2v) is 2.61. The lowest BCUT2D eigenvalue weighted by Gasteiger charge is -2.30. The average Bonchev–Trinajstić information content (AvgIpc) is 1.94. The molecule has 0 unspecified atom stereocenters. The molecule has 0 amide bonds. The van der Waals surface area contributed by atoms with Crippen LogP contribution in [0.1, 0.15) is 12.8 Å². The van der Waals surface area contributed by atoms with Crippen molar-refractivity contribution < 1.29 is 0 Å². The number of nitrogens with two attached hydrogens (primary N) is 2. The third kappa shape index (κ3) is 1.65. The molecule has 0 aliphatic heterocycles. The Morgan fingerprint density at radius 2 is 2.09 bits per heavy atom. The van der Waals surface area contributed by atoms with E-state index < -0.39 is 0 Å². The number of hydrogen-bond donors (Lipinski definition) is 2. The van der Waals surface area contributed by atoms with Gasteiger partial charge in [0.2, 0.25) is 0 Å². The molecule has 1 rings (SSSR count). The van der Waals surface area contributed by atoms with E-state index in [1.165, 1.54) is 7.05 Å². The Balaban J connectivity index is 2.81. The molecular formula is C7H12N3O-. The van der Waals surface area contributed by atoms with E-state index in [-0.39, 0.29) is 0 Å². The van der Waals surface area contributed by atoms with E-state index in [0.717, 1.165) is 5.06 Å². The van der Waals surface area contributed by atoms with E-state index in [1.54, 1.807) is 6.08 Å². The van der Waals surface area contributed by atoms with Crippen LogP contribution in [-0.2, 0) is 0 Å². The molecule has 62 valence electrons. The second kappa shape index (κ2) is 2.84. The lowest BCUT2D eigenvalue weighted by molar-refractivity contribution is 0.532. The van der Waals surface area contributed by atoms with Gasteiger partial charge in [-0.15, -0.1) is 0 Å². The normalized spacial score (nSPS) is 18.2. The summed E-state index contributed by atoms with van der Waals surface area (Å²) in [4.78, 5) is 0. The summed E-state index contributed by atoms with van der Waals surface area (Å²) in [5.41, 5.74) is 12.9. The molecule has 1 aliphatic rings. The number of allylic oxidation sites excluding steroid dienone is 3. The summed E-state index contributed by atoms with van der Waals surface area (Å²) >= 11 is 0. The van der Waals surface area contributed by atoms with Gasteiger partial charge in [-0.1, -0.05) is 0 Å². The van der Waals surface area contributed by atoms with Crippen molar-refractivity contribution in [1.29, 1.82) is 0 Å². The maximum atomic E-state index is 10.8. The van der Waals surface area contributed by atoms with E-state index in [1.807, 2.05) is 0 Å². The van der Waals surface area contributed by atoms with Crippen molar-refractivity contribution in [3.63, 3.8) is 0 Å². The zero-order chi connectivity index (χ0) is 8.43. The Bertz CT molecular complexity index is 218. The van der Waals surface area contributed by atoms with Crippen molar-refractivity contribution >= 4 is 0 Å². The maximum Gasteiger partial charge on any atom is 0.0522 e. The number of nitrogens with zero attached hydrogens (tertiary/aromatic N) is 1. The lowest BCUT2D eigenvalue weighted by Crippen LogP contribution is -2.18. The van der Waals surface area contributed by atoms with Crippen LogP contribution >= 0.6 is 0 Å². The zero-order valence-corrected chi connectivity index (χ0v) is 6.50. The molecule has 4 nitrogen and oxygen atoms in total. The zero-order valence-electron chi connectivity index (χ0n) is 6.50. The highest BCUT2D eigenvalue weighted by Gasteiger charge is 2.07. The standard InChI is InChI=1S/C7H12N3O/c1-10(11)5-2-3-6(8)7(9)4-5/h4H,2-3,8-9H2,1H3/q-1. The van der Waals surface area contributed by atoms with Gasteiger partial charge in [0.25, 0.3) is 0 Å². The van der Waals surface area contributed by atoms with Crippen molar-refractivity contribution in [3.8, 4) is 0 Å². The van der Waals surface area contributed by atoms with E-state index in [0.29, 0.717) is 29.9 Å². The summed E-state index contributed by atoms with van der Waals surface area (Å²) in [6.07, 6.45) is 3.00. The second-order valence-electron chi connectivity index (χ2n) is 2.61. The average molecular weight is 154 g/mol. The van der Waals surface area contributed by atoms with Crippen LogP contribution in [0.2, 0.25) is 0 Å².